The topological polar surface area (TPSA) is 46.5 Å². The van der Waals surface area contributed by atoms with E-state index in [4.69, 9.17) is 4.74 Å². The van der Waals surface area contributed by atoms with Crippen molar-refractivity contribution in [2.45, 2.75) is 38.7 Å². The summed E-state index contributed by atoms with van der Waals surface area (Å²) in [6.07, 6.45) is 1.68. The first-order valence-electron chi connectivity index (χ1n) is 6.10. The maximum absolute atomic E-state index is 11.2. The summed E-state index contributed by atoms with van der Waals surface area (Å²) < 4.78 is 4.94. The maximum atomic E-state index is 11.2. The molecule has 1 aromatic carbocycles. The van der Waals surface area contributed by atoms with Crippen LogP contribution in [0, 0.1) is 0 Å². The standard InChI is InChI=1S/C14H20O3/c1-2-10-17-14(16)9-8-13(15)11-12-6-4-3-5-7-12/h3-7,13,15H,2,8-11H2,1H3. The summed E-state index contributed by atoms with van der Waals surface area (Å²) in [5.74, 6) is -0.223. The molecule has 1 atom stereocenters. The van der Waals surface area contributed by atoms with Crippen LogP contribution in [0.1, 0.15) is 31.7 Å². The van der Waals surface area contributed by atoms with Crippen LogP contribution in [-0.2, 0) is 16.0 Å². The molecule has 1 N–H and O–H groups in total. The fourth-order valence-corrected chi connectivity index (χ4v) is 1.56. The molecule has 0 bridgehead atoms. The fraction of sp³-hybridized carbons (Fsp3) is 0.500. The number of rotatable bonds is 7. The number of hydrogen-bond acceptors (Lipinski definition) is 3. The van der Waals surface area contributed by atoms with Gasteiger partial charge in [-0.1, -0.05) is 37.3 Å². The number of ether oxygens (including phenoxy) is 1. The van der Waals surface area contributed by atoms with Crippen LogP contribution >= 0.6 is 0 Å². The molecule has 0 spiro atoms. The lowest BCUT2D eigenvalue weighted by Crippen LogP contribution is -2.14. The Morgan fingerprint density at radius 2 is 2.06 bits per heavy atom. The van der Waals surface area contributed by atoms with Gasteiger partial charge in [0.25, 0.3) is 0 Å². The van der Waals surface area contributed by atoms with E-state index in [9.17, 15) is 9.90 Å². The summed E-state index contributed by atoms with van der Waals surface area (Å²) in [6.45, 7) is 2.42. The fourth-order valence-electron chi connectivity index (χ4n) is 1.56. The van der Waals surface area contributed by atoms with E-state index >= 15 is 0 Å². The van der Waals surface area contributed by atoms with E-state index < -0.39 is 6.10 Å². The van der Waals surface area contributed by atoms with Gasteiger partial charge >= 0.3 is 5.97 Å². The number of hydrogen-bond donors (Lipinski definition) is 1. The van der Waals surface area contributed by atoms with Crippen LogP contribution in [0.25, 0.3) is 0 Å². The highest BCUT2D eigenvalue weighted by Gasteiger charge is 2.09. The summed E-state index contributed by atoms with van der Waals surface area (Å²) in [7, 11) is 0. The molecule has 1 rings (SSSR count). The summed E-state index contributed by atoms with van der Waals surface area (Å²) in [5, 5.41) is 9.77. The highest BCUT2D eigenvalue weighted by atomic mass is 16.5. The normalized spacial score (nSPS) is 12.1. The predicted molar refractivity (Wildman–Crippen MR) is 66.6 cm³/mol. The van der Waals surface area contributed by atoms with E-state index in [0.717, 1.165) is 12.0 Å². The first kappa shape index (κ1) is 13.7. The van der Waals surface area contributed by atoms with Crippen LogP contribution in [0.15, 0.2) is 30.3 Å². The van der Waals surface area contributed by atoms with E-state index in [1.54, 1.807) is 0 Å². The van der Waals surface area contributed by atoms with Gasteiger partial charge in [-0.15, -0.1) is 0 Å². The minimum atomic E-state index is -0.480. The molecule has 0 amide bonds. The van der Waals surface area contributed by atoms with Gasteiger partial charge in [-0.25, -0.2) is 0 Å². The third-order valence-electron chi connectivity index (χ3n) is 2.46. The van der Waals surface area contributed by atoms with E-state index in [1.807, 2.05) is 37.3 Å². The van der Waals surface area contributed by atoms with Crippen molar-refractivity contribution >= 4 is 5.97 Å². The van der Waals surface area contributed by atoms with E-state index in [0.29, 0.717) is 19.4 Å². The van der Waals surface area contributed by atoms with E-state index in [-0.39, 0.29) is 12.4 Å². The number of aliphatic hydroxyl groups is 1. The molecule has 0 fully saturated rings. The molecule has 0 aliphatic rings. The van der Waals surface area contributed by atoms with Crippen LogP contribution in [0.3, 0.4) is 0 Å². The van der Waals surface area contributed by atoms with Gasteiger partial charge in [0.15, 0.2) is 0 Å². The Bertz CT molecular complexity index is 321. The van der Waals surface area contributed by atoms with Crippen molar-refractivity contribution in [3.63, 3.8) is 0 Å². The van der Waals surface area contributed by atoms with Gasteiger partial charge in [-0.05, 0) is 24.8 Å². The Morgan fingerprint density at radius 1 is 1.35 bits per heavy atom. The van der Waals surface area contributed by atoms with E-state index in [2.05, 4.69) is 0 Å². The predicted octanol–water partition coefficient (Wildman–Crippen LogP) is 2.32. The molecule has 0 saturated carbocycles. The zero-order valence-corrected chi connectivity index (χ0v) is 10.3. The van der Waals surface area contributed by atoms with Crippen LogP contribution in [0.5, 0.6) is 0 Å². The van der Waals surface area contributed by atoms with Gasteiger partial charge < -0.3 is 9.84 Å². The van der Waals surface area contributed by atoms with Crippen LogP contribution in [0.4, 0.5) is 0 Å². The third kappa shape index (κ3) is 6.07. The molecular weight excluding hydrogens is 216 g/mol. The van der Waals surface area contributed by atoms with Gasteiger partial charge in [0, 0.05) is 6.42 Å². The van der Waals surface area contributed by atoms with Crippen LogP contribution in [0.2, 0.25) is 0 Å². The monoisotopic (exact) mass is 236 g/mol. The Balaban J connectivity index is 2.21. The minimum absolute atomic E-state index is 0.223. The van der Waals surface area contributed by atoms with Crippen LogP contribution < -0.4 is 0 Å². The van der Waals surface area contributed by atoms with Crippen molar-refractivity contribution in [3.05, 3.63) is 35.9 Å². The Morgan fingerprint density at radius 3 is 2.71 bits per heavy atom. The minimum Gasteiger partial charge on any atom is -0.466 e. The molecule has 1 aromatic rings. The molecular formula is C14H20O3. The van der Waals surface area contributed by atoms with E-state index in [1.165, 1.54) is 0 Å². The molecule has 0 radical (unpaired) electrons. The Labute approximate surface area is 102 Å². The quantitative estimate of drug-likeness (QED) is 0.739. The molecule has 94 valence electrons. The zero-order chi connectivity index (χ0) is 12.5. The first-order valence-corrected chi connectivity index (χ1v) is 6.10. The highest BCUT2D eigenvalue weighted by molar-refractivity contribution is 5.69. The molecule has 0 heterocycles. The lowest BCUT2D eigenvalue weighted by molar-refractivity contribution is -0.144. The molecule has 0 aliphatic carbocycles. The second-order valence-electron chi connectivity index (χ2n) is 4.10. The smallest absolute Gasteiger partial charge is 0.305 e. The lowest BCUT2D eigenvalue weighted by atomic mass is 10.0. The van der Waals surface area contributed by atoms with Crippen molar-refractivity contribution in [3.8, 4) is 0 Å². The first-order chi connectivity index (χ1) is 8.22. The molecule has 0 saturated heterocycles. The van der Waals surface area contributed by atoms with Crippen molar-refractivity contribution in [1.82, 2.24) is 0 Å². The molecule has 17 heavy (non-hydrogen) atoms. The number of carbonyl (C=O) groups is 1. The van der Waals surface area contributed by atoms with Gasteiger partial charge in [-0.3, -0.25) is 4.79 Å². The average molecular weight is 236 g/mol. The van der Waals surface area contributed by atoms with Gasteiger partial charge in [0.1, 0.15) is 0 Å². The molecule has 3 nitrogen and oxygen atoms in total. The van der Waals surface area contributed by atoms with Gasteiger partial charge in [0.05, 0.1) is 12.7 Å². The second kappa shape index (κ2) is 7.85. The summed E-state index contributed by atoms with van der Waals surface area (Å²) in [4.78, 5) is 11.2. The maximum Gasteiger partial charge on any atom is 0.305 e. The lowest BCUT2D eigenvalue weighted by Gasteiger charge is -2.10. The molecule has 0 aliphatic heterocycles. The van der Waals surface area contributed by atoms with Crippen molar-refractivity contribution in [2.24, 2.45) is 0 Å². The number of esters is 1. The Hall–Kier alpha value is -1.35. The molecule has 1 unspecified atom stereocenters. The Kier molecular flexibility index (Phi) is 6.33. The molecule has 3 heteroatoms. The van der Waals surface area contributed by atoms with Gasteiger partial charge in [0.2, 0.25) is 0 Å². The van der Waals surface area contributed by atoms with Crippen LogP contribution in [-0.4, -0.2) is 23.8 Å². The van der Waals surface area contributed by atoms with Gasteiger partial charge in [-0.2, -0.15) is 0 Å². The average Bonchev–Trinajstić information content (AvgIpc) is 2.35. The number of aliphatic hydroxyl groups excluding tert-OH is 1. The zero-order valence-electron chi connectivity index (χ0n) is 10.3. The summed E-state index contributed by atoms with van der Waals surface area (Å²) in [5.41, 5.74) is 1.09. The third-order valence-corrected chi connectivity index (χ3v) is 2.46. The van der Waals surface area contributed by atoms with Crippen molar-refractivity contribution in [1.29, 1.82) is 0 Å². The SMILES string of the molecule is CCCOC(=O)CCC(O)Cc1ccccc1. The largest absolute Gasteiger partial charge is 0.466 e. The number of carbonyl (C=O) groups excluding carboxylic acids is 1. The second-order valence-corrected chi connectivity index (χ2v) is 4.10. The number of benzene rings is 1. The summed E-state index contributed by atoms with van der Waals surface area (Å²) >= 11 is 0. The van der Waals surface area contributed by atoms with Crippen molar-refractivity contribution < 1.29 is 14.6 Å². The summed E-state index contributed by atoms with van der Waals surface area (Å²) in [6, 6.07) is 9.77. The highest BCUT2D eigenvalue weighted by Crippen LogP contribution is 2.08. The molecule has 0 aromatic heterocycles. The van der Waals surface area contributed by atoms with Crippen molar-refractivity contribution in [2.75, 3.05) is 6.61 Å².